The predicted octanol–water partition coefficient (Wildman–Crippen LogP) is 2.74. The highest BCUT2D eigenvalue weighted by molar-refractivity contribution is 7.99. The fraction of sp³-hybridized carbons (Fsp3) is 0.455. The fourth-order valence-electron chi connectivity index (χ4n) is 1.68. The van der Waals surface area contributed by atoms with E-state index in [0.717, 1.165) is 17.9 Å². The summed E-state index contributed by atoms with van der Waals surface area (Å²) in [5, 5.41) is 0. The van der Waals surface area contributed by atoms with Crippen molar-refractivity contribution in [3.8, 4) is 11.5 Å². The smallest absolute Gasteiger partial charge is 0.161 e. The van der Waals surface area contributed by atoms with Gasteiger partial charge in [0.05, 0.1) is 14.2 Å². The lowest BCUT2D eigenvalue weighted by molar-refractivity contribution is 0.353. The Morgan fingerprint density at radius 1 is 1.14 bits per heavy atom. The zero-order chi connectivity index (χ0) is 9.97. The number of rotatable bonds is 2. The Balaban J connectivity index is 2.43. The number of methoxy groups -OCH3 is 2. The van der Waals surface area contributed by atoms with Gasteiger partial charge in [0, 0.05) is 4.90 Å². The molecule has 1 aliphatic rings. The van der Waals surface area contributed by atoms with Crippen molar-refractivity contribution < 1.29 is 9.47 Å². The second-order valence-corrected chi connectivity index (χ2v) is 4.40. The monoisotopic (exact) mass is 210 g/mol. The summed E-state index contributed by atoms with van der Waals surface area (Å²) in [6.07, 6.45) is 2.41. The molecule has 76 valence electrons. The predicted molar refractivity (Wildman–Crippen MR) is 58.6 cm³/mol. The third kappa shape index (κ3) is 1.69. The minimum Gasteiger partial charge on any atom is -0.493 e. The van der Waals surface area contributed by atoms with Gasteiger partial charge in [-0.25, -0.2) is 0 Å². The lowest BCUT2D eigenvalue weighted by Gasteiger charge is -2.17. The van der Waals surface area contributed by atoms with Crippen molar-refractivity contribution in [2.24, 2.45) is 0 Å². The summed E-state index contributed by atoms with van der Waals surface area (Å²) < 4.78 is 10.5. The normalized spacial score (nSPS) is 14.7. The number of aryl methyl sites for hydroxylation is 1. The van der Waals surface area contributed by atoms with Gasteiger partial charge in [-0.1, -0.05) is 0 Å². The Kier molecular flexibility index (Phi) is 2.87. The Morgan fingerprint density at radius 3 is 2.57 bits per heavy atom. The summed E-state index contributed by atoms with van der Waals surface area (Å²) in [7, 11) is 3.36. The zero-order valence-electron chi connectivity index (χ0n) is 8.50. The molecule has 0 amide bonds. The van der Waals surface area contributed by atoms with Gasteiger partial charge in [-0.05, 0) is 36.3 Å². The number of thioether (sulfide) groups is 1. The first-order valence-corrected chi connectivity index (χ1v) is 5.71. The highest BCUT2D eigenvalue weighted by Crippen LogP contribution is 2.38. The number of ether oxygens (including phenoxy) is 2. The molecule has 0 atom stereocenters. The molecular weight excluding hydrogens is 196 g/mol. The minimum absolute atomic E-state index is 0.834. The summed E-state index contributed by atoms with van der Waals surface area (Å²) in [4.78, 5) is 1.34. The first kappa shape index (κ1) is 9.71. The van der Waals surface area contributed by atoms with Crippen molar-refractivity contribution >= 4 is 11.8 Å². The van der Waals surface area contributed by atoms with E-state index in [4.69, 9.17) is 9.47 Å². The van der Waals surface area contributed by atoms with E-state index >= 15 is 0 Å². The second kappa shape index (κ2) is 4.13. The van der Waals surface area contributed by atoms with Crippen molar-refractivity contribution in [1.82, 2.24) is 0 Å². The van der Waals surface area contributed by atoms with Gasteiger partial charge in [0.15, 0.2) is 11.5 Å². The highest BCUT2D eigenvalue weighted by atomic mass is 32.2. The number of fused-ring (bicyclic) bond motifs is 1. The van der Waals surface area contributed by atoms with Gasteiger partial charge < -0.3 is 9.47 Å². The molecule has 0 saturated heterocycles. The standard InChI is InChI=1S/C11H14O2S/c1-12-9-6-8-4-3-5-14-11(8)7-10(9)13-2/h6-7H,3-5H2,1-2H3. The molecule has 1 aromatic carbocycles. The molecule has 0 saturated carbocycles. The van der Waals surface area contributed by atoms with E-state index in [1.165, 1.54) is 22.6 Å². The van der Waals surface area contributed by atoms with Crippen LogP contribution in [0.4, 0.5) is 0 Å². The fourth-order valence-corrected chi connectivity index (χ4v) is 2.72. The number of hydrogen-bond acceptors (Lipinski definition) is 3. The first-order chi connectivity index (χ1) is 6.85. The average molecular weight is 210 g/mol. The maximum atomic E-state index is 5.27. The van der Waals surface area contributed by atoms with E-state index in [-0.39, 0.29) is 0 Å². The molecular formula is C11H14O2S. The van der Waals surface area contributed by atoms with Crippen molar-refractivity contribution in [3.05, 3.63) is 17.7 Å². The van der Waals surface area contributed by atoms with E-state index in [1.807, 2.05) is 11.8 Å². The molecule has 2 nitrogen and oxygen atoms in total. The lowest BCUT2D eigenvalue weighted by Crippen LogP contribution is -2.00. The number of benzene rings is 1. The molecule has 0 aliphatic carbocycles. The number of hydrogen-bond donors (Lipinski definition) is 0. The topological polar surface area (TPSA) is 18.5 Å². The van der Waals surface area contributed by atoms with Crippen molar-refractivity contribution in [1.29, 1.82) is 0 Å². The van der Waals surface area contributed by atoms with E-state index in [1.54, 1.807) is 14.2 Å². The third-order valence-corrected chi connectivity index (χ3v) is 3.60. The van der Waals surface area contributed by atoms with Crippen molar-refractivity contribution in [3.63, 3.8) is 0 Å². The molecule has 0 aromatic heterocycles. The maximum Gasteiger partial charge on any atom is 0.161 e. The van der Waals surface area contributed by atoms with Gasteiger partial charge in [0.2, 0.25) is 0 Å². The van der Waals surface area contributed by atoms with Crippen molar-refractivity contribution in [2.45, 2.75) is 17.7 Å². The Hall–Kier alpha value is -0.830. The van der Waals surface area contributed by atoms with Crippen LogP contribution in [0.5, 0.6) is 11.5 Å². The quantitative estimate of drug-likeness (QED) is 0.747. The molecule has 1 aliphatic heterocycles. The van der Waals surface area contributed by atoms with Gasteiger partial charge in [-0.15, -0.1) is 11.8 Å². The average Bonchev–Trinajstić information content (AvgIpc) is 2.27. The maximum absolute atomic E-state index is 5.27. The van der Waals surface area contributed by atoms with Crippen LogP contribution in [0, 0.1) is 0 Å². The largest absolute Gasteiger partial charge is 0.493 e. The van der Waals surface area contributed by atoms with Gasteiger partial charge >= 0.3 is 0 Å². The molecule has 0 unspecified atom stereocenters. The Morgan fingerprint density at radius 2 is 1.86 bits per heavy atom. The first-order valence-electron chi connectivity index (χ1n) is 4.73. The third-order valence-electron chi connectivity index (χ3n) is 2.41. The van der Waals surface area contributed by atoms with Crippen LogP contribution in [-0.4, -0.2) is 20.0 Å². The molecule has 3 heteroatoms. The molecule has 1 heterocycles. The molecule has 0 radical (unpaired) electrons. The Labute approximate surface area is 88.6 Å². The molecule has 2 rings (SSSR count). The van der Waals surface area contributed by atoms with E-state index in [9.17, 15) is 0 Å². The zero-order valence-corrected chi connectivity index (χ0v) is 9.32. The van der Waals surface area contributed by atoms with Crippen LogP contribution in [0.15, 0.2) is 17.0 Å². The second-order valence-electron chi connectivity index (χ2n) is 3.27. The van der Waals surface area contributed by atoms with Gasteiger partial charge in [-0.3, -0.25) is 0 Å². The van der Waals surface area contributed by atoms with Gasteiger partial charge in [-0.2, -0.15) is 0 Å². The van der Waals surface area contributed by atoms with Crippen LogP contribution in [0.25, 0.3) is 0 Å². The molecule has 1 aromatic rings. The lowest BCUT2D eigenvalue weighted by atomic mass is 10.1. The molecule has 0 N–H and O–H groups in total. The summed E-state index contributed by atoms with van der Waals surface area (Å²) in [5.74, 6) is 2.89. The Bertz CT molecular complexity index is 292. The molecule has 14 heavy (non-hydrogen) atoms. The van der Waals surface area contributed by atoms with E-state index < -0.39 is 0 Å². The van der Waals surface area contributed by atoms with Crippen LogP contribution in [0.3, 0.4) is 0 Å². The SMILES string of the molecule is COc1cc2c(cc1OC)SCCC2. The van der Waals surface area contributed by atoms with E-state index in [0.29, 0.717) is 0 Å². The summed E-state index contributed by atoms with van der Waals surface area (Å²) in [6.45, 7) is 0. The molecule has 0 bridgehead atoms. The molecule has 0 spiro atoms. The van der Waals surface area contributed by atoms with Crippen LogP contribution in [-0.2, 0) is 6.42 Å². The van der Waals surface area contributed by atoms with Crippen LogP contribution in [0.2, 0.25) is 0 Å². The summed E-state index contributed by atoms with van der Waals surface area (Å²) in [6, 6.07) is 4.18. The van der Waals surface area contributed by atoms with Crippen LogP contribution in [0.1, 0.15) is 12.0 Å². The molecule has 0 fully saturated rings. The van der Waals surface area contributed by atoms with Crippen LogP contribution >= 0.6 is 11.8 Å². The highest BCUT2D eigenvalue weighted by Gasteiger charge is 2.14. The van der Waals surface area contributed by atoms with Gasteiger partial charge in [0.1, 0.15) is 0 Å². The summed E-state index contributed by atoms with van der Waals surface area (Å²) >= 11 is 1.90. The summed E-state index contributed by atoms with van der Waals surface area (Å²) in [5.41, 5.74) is 1.39. The van der Waals surface area contributed by atoms with Crippen molar-refractivity contribution in [2.75, 3.05) is 20.0 Å². The van der Waals surface area contributed by atoms with E-state index in [2.05, 4.69) is 12.1 Å². The minimum atomic E-state index is 0.834. The van der Waals surface area contributed by atoms with Gasteiger partial charge in [0.25, 0.3) is 0 Å². The van der Waals surface area contributed by atoms with Crippen LogP contribution < -0.4 is 9.47 Å².